The number of hydrogen-bond donors (Lipinski definition) is 1. The molecule has 3 heteroatoms. The highest BCUT2D eigenvalue weighted by Gasteiger charge is 2.14. The van der Waals surface area contributed by atoms with Crippen LogP contribution in [0.15, 0.2) is 6.07 Å². The molecule has 1 aromatic rings. The molecule has 0 aliphatic rings. The third kappa shape index (κ3) is 7.03. The van der Waals surface area contributed by atoms with E-state index in [0.717, 1.165) is 17.9 Å². The second-order valence-electron chi connectivity index (χ2n) is 6.05. The Morgan fingerprint density at radius 3 is 2.29 bits per heavy atom. The van der Waals surface area contributed by atoms with Crippen molar-refractivity contribution in [3.8, 4) is 0 Å². The zero-order valence-electron chi connectivity index (χ0n) is 14.4. The number of rotatable bonds is 11. The molecular weight excluding hydrogens is 258 g/mol. The van der Waals surface area contributed by atoms with Crippen molar-refractivity contribution in [2.75, 3.05) is 6.54 Å². The highest BCUT2D eigenvalue weighted by Crippen LogP contribution is 2.22. The fourth-order valence-electron chi connectivity index (χ4n) is 2.84. The maximum atomic E-state index is 4.27. The predicted molar refractivity (Wildman–Crippen MR) is 90.5 cm³/mol. The lowest BCUT2D eigenvalue weighted by Gasteiger charge is -2.20. The number of nitrogens with one attached hydrogen (secondary N) is 1. The van der Waals surface area contributed by atoms with E-state index in [9.17, 15) is 0 Å². The first kappa shape index (κ1) is 18.1. The Morgan fingerprint density at radius 2 is 1.62 bits per heavy atom. The molecule has 1 aromatic heterocycles. The molecule has 0 fully saturated rings. The lowest BCUT2D eigenvalue weighted by Crippen LogP contribution is -2.22. The molecule has 1 atom stereocenters. The van der Waals surface area contributed by atoms with E-state index in [-0.39, 0.29) is 0 Å². The van der Waals surface area contributed by atoms with E-state index in [2.05, 4.69) is 42.4 Å². The van der Waals surface area contributed by atoms with Crippen LogP contribution in [0.2, 0.25) is 0 Å². The summed E-state index contributed by atoms with van der Waals surface area (Å²) in [4.78, 5) is 0. The van der Waals surface area contributed by atoms with Crippen molar-refractivity contribution in [1.82, 2.24) is 15.5 Å². The quantitative estimate of drug-likeness (QED) is 0.590. The summed E-state index contributed by atoms with van der Waals surface area (Å²) in [6.07, 6.45) is 10.7. The molecule has 0 amide bonds. The average molecular weight is 291 g/mol. The number of hydrogen-bond acceptors (Lipinski definition) is 3. The fraction of sp³-hybridized carbons (Fsp3) is 0.778. The standard InChI is InChI=1S/C18H33N3/c1-5-7-8-9-10-11-12-13-18(19-6-2)17-14-15(3)20-21-16(17)4/h14,18-19H,5-13H2,1-4H3. The van der Waals surface area contributed by atoms with Crippen molar-refractivity contribution >= 4 is 0 Å². The Morgan fingerprint density at radius 1 is 0.952 bits per heavy atom. The minimum atomic E-state index is 0.430. The van der Waals surface area contributed by atoms with E-state index in [0.29, 0.717) is 6.04 Å². The van der Waals surface area contributed by atoms with E-state index in [1.165, 1.54) is 56.9 Å². The van der Waals surface area contributed by atoms with E-state index < -0.39 is 0 Å². The van der Waals surface area contributed by atoms with Crippen LogP contribution < -0.4 is 5.32 Å². The first-order valence-electron chi connectivity index (χ1n) is 8.73. The second kappa shape index (κ2) is 10.7. The fourth-order valence-corrected chi connectivity index (χ4v) is 2.84. The van der Waals surface area contributed by atoms with Crippen LogP contribution in [-0.4, -0.2) is 16.7 Å². The van der Waals surface area contributed by atoms with Gasteiger partial charge in [0, 0.05) is 6.04 Å². The third-order valence-electron chi connectivity index (χ3n) is 4.06. The van der Waals surface area contributed by atoms with E-state index in [4.69, 9.17) is 0 Å². The Kier molecular flexibility index (Phi) is 9.24. The number of nitrogens with zero attached hydrogens (tertiary/aromatic N) is 2. The van der Waals surface area contributed by atoms with Gasteiger partial charge in [0.1, 0.15) is 0 Å². The molecule has 120 valence electrons. The summed E-state index contributed by atoms with van der Waals surface area (Å²) in [7, 11) is 0. The summed E-state index contributed by atoms with van der Waals surface area (Å²) < 4.78 is 0. The van der Waals surface area contributed by atoms with Crippen LogP contribution >= 0.6 is 0 Å². The van der Waals surface area contributed by atoms with Gasteiger partial charge in [-0.15, -0.1) is 0 Å². The van der Waals surface area contributed by atoms with Crippen molar-refractivity contribution in [2.24, 2.45) is 0 Å². The SMILES string of the molecule is CCCCCCCCCC(NCC)c1cc(C)nnc1C. The highest BCUT2D eigenvalue weighted by atomic mass is 15.1. The van der Waals surface area contributed by atoms with Gasteiger partial charge in [0.25, 0.3) is 0 Å². The Hall–Kier alpha value is -0.960. The van der Waals surface area contributed by atoms with Gasteiger partial charge in [-0.05, 0) is 38.4 Å². The zero-order chi connectivity index (χ0) is 15.5. The van der Waals surface area contributed by atoms with Gasteiger partial charge < -0.3 is 5.32 Å². The lowest BCUT2D eigenvalue weighted by molar-refractivity contribution is 0.471. The number of aryl methyl sites for hydroxylation is 2. The molecule has 0 aliphatic carbocycles. The monoisotopic (exact) mass is 291 g/mol. The molecule has 1 N–H and O–H groups in total. The van der Waals surface area contributed by atoms with Crippen molar-refractivity contribution in [3.63, 3.8) is 0 Å². The number of unbranched alkanes of at least 4 members (excludes halogenated alkanes) is 6. The van der Waals surface area contributed by atoms with Gasteiger partial charge in [-0.25, -0.2) is 0 Å². The molecule has 1 rings (SSSR count). The van der Waals surface area contributed by atoms with Crippen molar-refractivity contribution in [3.05, 3.63) is 23.0 Å². The van der Waals surface area contributed by atoms with E-state index >= 15 is 0 Å². The zero-order valence-corrected chi connectivity index (χ0v) is 14.4. The van der Waals surface area contributed by atoms with E-state index in [1.54, 1.807) is 0 Å². The van der Waals surface area contributed by atoms with Crippen LogP contribution in [0, 0.1) is 13.8 Å². The maximum Gasteiger partial charge on any atom is 0.0648 e. The predicted octanol–water partition coefficient (Wildman–Crippen LogP) is 4.88. The third-order valence-corrected chi connectivity index (χ3v) is 4.06. The van der Waals surface area contributed by atoms with Crippen LogP contribution in [0.3, 0.4) is 0 Å². The molecule has 0 spiro atoms. The molecule has 0 radical (unpaired) electrons. The van der Waals surface area contributed by atoms with E-state index in [1.807, 2.05) is 6.92 Å². The molecule has 1 unspecified atom stereocenters. The first-order chi connectivity index (χ1) is 10.2. The Labute approximate surface area is 130 Å². The molecule has 0 saturated carbocycles. The van der Waals surface area contributed by atoms with Gasteiger partial charge in [0.15, 0.2) is 0 Å². The summed E-state index contributed by atoms with van der Waals surface area (Å²) in [6, 6.07) is 2.62. The largest absolute Gasteiger partial charge is 0.310 e. The van der Waals surface area contributed by atoms with Crippen molar-refractivity contribution < 1.29 is 0 Å². The average Bonchev–Trinajstić information content (AvgIpc) is 2.48. The molecular formula is C18H33N3. The van der Waals surface area contributed by atoms with Crippen LogP contribution in [0.1, 0.15) is 88.2 Å². The molecule has 1 heterocycles. The minimum absolute atomic E-state index is 0.430. The van der Waals surface area contributed by atoms with Crippen LogP contribution in [0.25, 0.3) is 0 Å². The van der Waals surface area contributed by atoms with Gasteiger partial charge in [-0.2, -0.15) is 10.2 Å². The number of aromatic nitrogens is 2. The topological polar surface area (TPSA) is 37.8 Å². The van der Waals surface area contributed by atoms with Crippen LogP contribution in [0.5, 0.6) is 0 Å². The summed E-state index contributed by atoms with van der Waals surface area (Å²) in [6.45, 7) is 9.54. The Balaban J connectivity index is 2.41. The summed E-state index contributed by atoms with van der Waals surface area (Å²) in [5.41, 5.74) is 3.41. The molecule has 0 bridgehead atoms. The first-order valence-corrected chi connectivity index (χ1v) is 8.73. The maximum absolute atomic E-state index is 4.27. The van der Waals surface area contributed by atoms with Gasteiger partial charge in [0.05, 0.1) is 11.4 Å². The summed E-state index contributed by atoms with van der Waals surface area (Å²) in [5.74, 6) is 0. The molecule has 21 heavy (non-hydrogen) atoms. The highest BCUT2D eigenvalue weighted by molar-refractivity contribution is 5.23. The Bertz CT molecular complexity index is 390. The molecule has 0 aliphatic heterocycles. The minimum Gasteiger partial charge on any atom is -0.310 e. The van der Waals surface area contributed by atoms with Gasteiger partial charge in [-0.3, -0.25) is 0 Å². The van der Waals surface area contributed by atoms with Gasteiger partial charge in [-0.1, -0.05) is 58.8 Å². The van der Waals surface area contributed by atoms with Crippen molar-refractivity contribution in [1.29, 1.82) is 0 Å². The van der Waals surface area contributed by atoms with Crippen molar-refractivity contribution in [2.45, 2.75) is 85.1 Å². The molecule has 0 aromatic carbocycles. The van der Waals surface area contributed by atoms with Gasteiger partial charge >= 0.3 is 0 Å². The molecule has 3 nitrogen and oxygen atoms in total. The van der Waals surface area contributed by atoms with Crippen LogP contribution in [-0.2, 0) is 0 Å². The smallest absolute Gasteiger partial charge is 0.0648 e. The summed E-state index contributed by atoms with van der Waals surface area (Å²) in [5, 5.41) is 12.0. The van der Waals surface area contributed by atoms with Gasteiger partial charge in [0.2, 0.25) is 0 Å². The molecule has 0 saturated heterocycles. The lowest BCUT2D eigenvalue weighted by atomic mass is 9.98. The van der Waals surface area contributed by atoms with Crippen LogP contribution in [0.4, 0.5) is 0 Å². The second-order valence-corrected chi connectivity index (χ2v) is 6.05. The normalized spacial score (nSPS) is 12.6. The summed E-state index contributed by atoms with van der Waals surface area (Å²) >= 11 is 0.